The molecule has 0 spiro atoms. The molecule has 5 rings (SSSR count). The number of allylic oxidation sites excluding steroid dienone is 2. The topological polar surface area (TPSA) is 26.5 Å². The molecule has 0 aromatic heterocycles. The van der Waals surface area contributed by atoms with E-state index in [9.17, 15) is 65.9 Å². The van der Waals surface area contributed by atoms with Crippen LogP contribution >= 0.6 is 0 Å². The zero-order valence-electron chi connectivity index (χ0n) is 44.1. The van der Waals surface area contributed by atoms with Gasteiger partial charge in [0.2, 0.25) is 0 Å². The number of hydrogen-bond donors (Lipinski definition) is 0. The van der Waals surface area contributed by atoms with Gasteiger partial charge in [-0.25, -0.2) is 65.9 Å². The monoisotopic (exact) mass is 1090 g/mol. The summed E-state index contributed by atoms with van der Waals surface area (Å²) in [6, 6.07) is 13.3. The number of para-hydroxylation sites is 2. The van der Waals surface area contributed by atoms with E-state index in [1.165, 1.54) is 22.3 Å². The van der Waals surface area contributed by atoms with E-state index in [0.717, 1.165) is 22.8 Å². The minimum absolute atomic E-state index is 0. The molecule has 0 fully saturated rings. The Labute approximate surface area is 443 Å². The van der Waals surface area contributed by atoms with Crippen LogP contribution < -0.4 is 16.4 Å². The maximum atomic E-state index is 14.6. The molecule has 0 atom stereocenters. The third-order valence-electron chi connectivity index (χ3n) is 12.4. The third kappa shape index (κ3) is 12.5. The van der Waals surface area contributed by atoms with Gasteiger partial charge in [-0.2, -0.15) is 12.5 Å². The van der Waals surface area contributed by atoms with Gasteiger partial charge in [0.1, 0.15) is 41.0 Å². The van der Waals surface area contributed by atoms with Crippen LogP contribution in [0.3, 0.4) is 0 Å². The van der Waals surface area contributed by atoms with Gasteiger partial charge in [-0.15, -0.1) is 22.1 Å². The van der Waals surface area contributed by atoms with Crippen molar-refractivity contribution < 1.29 is 91.7 Å². The van der Waals surface area contributed by atoms with Crippen LogP contribution in [0.5, 0.6) is 0 Å². The summed E-state index contributed by atoms with van der Waals surface area (Å²) in [5.74, 6) is -43.5. The van der Waals surface area contributed by atoms with Crippen LogP contribution in [0.2, 0.25) is 6.82 Å². The molecular weight excluding hydrogens is 1030 g/mol. The first-order chi connectivity index (χ1) is 33.0. The van der Waals surface area contributed by atoms with Gasteiger partial charge in [0, 0.05) is 11.1 Å². The molecule has 0 saturated carbocycles. The van der Waals surface area contributed by atoms with Crippen LogP contribution in [-0.4, -0.2) is 11.9 Å². The number of nitrogens with zero attached hydrogens (tertiary/aromatic N) is 2. The summed E-state index contributed by atoms with van der Waals surface area (Å²) in [5.41, 5.74) is 1.48. The molecule has 19 heteroatoms. The first-order valence-corrected chi connectivity index (χ1v) is 23.0. The molecule has 74 heavy (non-hydrogen) atoms. The van der Waals surface area contributed by atoms with E-state index in [0.29, 0.717) is 23.7 Å². The summed E-state index contributed by atoms with van der Waals surface area (Å²) in [4.78, 5) is 5.46. The van der Waals surface area contributed by atoms with Crippen LogP contribution in [0.1, 0.15) is 143 Å². The fraction of sp³-hybridized carbons (Fsp3) is 0.382. The summed E-state index contributed by atoms with van der Waals surface area (Å²) < 4.78 is 212. The zero-order chi connectivity index (χ0) is 55.2. The Kier molecular flexibility index (Phi) is 21.6. The third-order valence-corrected chi connectivity index (χ3v) is 12.4. The van der Waals surface area contributed by atoms with E-state index in [4.69, 9.17) is 10.3 Å². The second-order valence-corrected chi connectivity index (χ2v) is 21.1. The Morgan fingerprint density at radius 1 is 0.432 bits per heavy atom. The number of rotatable bonds is 11. The van der Waals surface area contributed by atoms with Crippen molar-refractivity contribution in [2.24, 2.45) is 15.8 Å². The van der Waals surface area contributed by atoms with E-state index in [2.05, 4.69) is 139 Å². The van der Waals surface area contributed by atoms with Gasteiger partial charge >= 0.3 is 25.8 Å². The number of aliphatic imine (C=N–C) groups is 1. The summed E-state index contributed by atoms with van der Waals surface area (Å²) in [5, 5.41) is 5.46. The van der Waals surface area contributed by atoms with Crippen molar-refractivity contribution in [3.63, 3.8) is 0 Å². The molecule has 0 N–H and O–H groups in total. The Bertz CT molecular complexity index is 2640. The molecule has 0 amide bonds. The SMILES string of the molecule is CC(C)c1cccc(C(C)C)c1N=C(/C=C(\[N-]c1c(C(C)C)cccc1C(C)C)C(C)(C)C)C(C)(C)C.C[B-](c1c(F)c(F)c(F)c(F)c1F)(c1c(F)c(F)c(F)c(F)c1F)c1c(F)c(F)c(F)c(F)c1F.[CH3-].[Sc+3]. The van der Waals surface area contributed by atoms with Gasteiger partial charge in [-0.05, 0) is 40.2 Å². The standard InChI is InChI=1S/C35H53N2.C19H3BF15.CH3.Sc/c1-22(2)26-17-15-18-27(23(3)4)32(26)36-30(34(9,10)11)21-31(35(12,13)14)37-33-28(24(5)6)19-16-20-29(33)25(7)8;1-20(2-5(21)11(27)17(33)12(28)6(2)22,3-7(23)13(29)18(34)14(30)8(3)24)4-9(25)15(31)19(35)16(32)10(4)26;;/h15-25H,1-14H3;1H3;1H3;/q3*-1;+3/b30-21-,37-31?;;;. The van der Waals surface area contributed by atoms with Crippen LogP contribution in [-0.2, 0) is 25.8 Å². The average Bonchev–Trinajstić information content (AvgIpc) is 3.28. The van der Waals surface area contributed by atoms with Gasteiger partial charge in [-0.1, -0.05) is 151 Å². The molecule has 0 unspecified atom stereocenters. The smallest absolute Gasteiger partial charge is 0.660 e. The minimum atomic E-state index is -5.41. The molecule has 0 radical (unpaired) electrons. The van der Waals surface area contributed by atoms with Crippen molar-refractivity contribution in [1.29, 1.82) is 0 Å². The molecule has 0 aliphatic rings. The Morgan fingerprint density at radius 3 is 0.905 bits per heavy atom. The van der Waals surface area contributed by atoms with Gasteiger partial charge in [0.25, 0.3) is 0 Å². The second kappa shape index (κ2) is 24.5. The van der Waals surface area contributed by atoms with E-state index in [-0.39, 0.29) is 50.9 Å². The first-order valence-electron chi connectivity index (χ1n) is 23.0. The van der Waals surface area contributed by atoms with Crippen molar-refractivity contribution in [3.8, 4) is 0 Å². The van der Waals surface area contributed by atoms with Crippen LogP contribution in [0, 0.1) is 106 Å². The molecule has 5 aromatic rings. The molecule has 0 aliphatic carbocycles. The molecule has 5 aromatic carbocycles. The van der Waals surface area contributed by atoms with Crippen molar-refractivity contribution in [1.82, 2.24) is 0 Å². The summed E-state index contributed by atoms with van der Waals surface area (Å²) in [7, 11) is 0. The molecular formula is C55H59BF15N2Sc. The molecule has 0 aliphatic heterocycles. The predicted octanol–water partition coefficient (Wildman–Crippen LogP) is 17.3. The fourth-order valence-corrected chi connectivity index (χ4v) is 8.30. The van der Waals surface area contributed by atoms with E-state index < -0.39 is 110 Å². The summed E-state index contributed by atoms with van der Waals surface area (Å²) in [6.45, 7) is 31.4. The first kappa shape index (κ1) is 65.3. The minimum Gasteiger partial charge on any atom is -0.660 e. The summed E-state index contributed by atoms with van der Waals surface area (Å²) in [6.07, 6.45) is -3.13. The Morgan fingerprint density at radius 2 is 0.676 bits per heavy atom. The normalized spacial score (nSPS) is 12.6. The van der Waals surface area contributed by atoms with Gasteiger partial charge in [-0.3, -0.25) is 4.99 Å². The average molecular weight is 1090 g/mol. The predicted molar refractivity (Wildman–Crippen MR) is 262 cm³/mol. The fourth-order valence-electron chi connectivity index (χ4n) is 8.30. The largest absolute Gasteiger partial charge is 3.00 e. The van der Waals surface area contributed by atoms with E-state index in [1.54, 1.807) is 0 Å². The quantitative estimate of drug-likeness (QED) is 0.0315. The Balaban J connectivity index is 0.000000494. The molecule has 0 saturated heterocycles. The zero-order valence-corrected chi connectivity index (χ0v) is 45.9. The van der Waals surface area contributed by atoms with Crippen molar-refractivity contribution in [2.45, 2.75) is 127 Å². The van der Waals surface area contributed by atoms with Crippen LogP contribution in [0.25, 0.3) is 5.32 Å². The van der Waals surface area contributed by atoms with Crippen LogP contribution in [0.4, 0.5) is 77.2 Å². The van der Waals surface area contributed by atoms with Gasteiger partial charge in [0.05, 0.1) is 5.69 Å². The van der Waals surface area contributed by atoms with Crippen molar-refractivity contribution in [2.75, 3.05) is 0 Å². The molecule has 2 nitrogen and oxygen atoms in total. The van der Waals surface area contributed by atoms with Gasteiger partial charge in [0.15, 0.2) is 52.4 Å². The molecule has 0 heterocycles. The van der Waals surface area contributed by atoms with Crippen LogP contribution in [0.15, 0.2) is 53.2 Å². The second-order valence-electron chi connectivity index (χ2n) is 21.1. The maximum Gasteiger partial charge on any atom is 3.00 e. The number of benzene rings is 5. The van der Waals surface area contributed by atoms with E-state index in [1.807, 2.05) is 0 Å². The maximum absolute atomic E-state index is 14.6. The Hall–Kier alpha value is -4.80. The van der Waals surface area contributed by atoms with E-state index >= 15 is 0 Å². The van der Waals surface area contributed by atoms with Crippen molar-refractivity contribution in [3.05, 3.63) is 170 Å². The van der Waals surface area contributed by atoms with Gasteiger partial charge < -0.3 is 12.7 Å². The number of hydrogen-bond acceptors (Lipinski definition) is 1. The summed E-state index contributed by atoms with van der Waals surface area (Å²) >= 11 is 0. The molecule has 0 bridgehead atoms. The molecule has 400 valence electrons. The number of halogens is 15. The van der Waals surface area contributed by atoms with Crippen molar-refractivity contribution >= 4 is 39.6 Å².